The lowest BCUT2D eigenvalue weighted by Crippen LogP contribution is -2.19. The normalized spacial score (nSPS) is 16.4. The van der Waals surface area contributed by atoms with E-state index in [1.807, 2.05) is 12.1 Å². The summed E-state index contributed by atoms with van der Waals surface area (Å²) in [5, 5.41) is 18.6. The molecule has 7 rings (SSSR count). The van der Waals surface area contributed by atoms with Gasteiger partial charge in [-0.05, 0) is 120 Å². The number of allylic oxidation sites excluding steroid dienone is 5. The first-order chi connectivity index (χ1) is 21.0. The van der Waals surface area contributed by atoms with Crippen molar-refractivity contribution < 1.29 is 0 Å². The second-order valence-corrected chi connectivity index (χ2v) is 14.4. The Balaban J connectivity index is 1.37. The van der Waals surface area contributed by atoms with Crippen LogP contribution in [-0.4, -0.2) is 0 Å². The van der Waals surface area contributed by atoms with Gasteiger partial charge < -0.3 is 4.90 Å². The van der Waals surface area contributed by atoms with Gasteiger partial charge in [-0.3, -0.25) is 0 Å². The Morgan fingerprint density at radius 3 is 2.09 bits per heavy atom. The van der Waals surface area contributed by atoms with E-state index in [9.17, 15) is 10.5 Å². The van der Waals surface area contributed by atoms with E-state index in [2.05, 4.69) is 119 Å². The zero-order valence-corrected chi connectivity index (χ0v) is 27.0. The molecule has 0 bridgehead atoms. The third kappa shape index (κ3) is 4.13. The molecule has 0 saturated heterocycles. The number of hydrogen-bond donors (Lipinski definition) is 0. The van der Waals surface area contributed by atoms with Gasteiger partial charge in [0.05, 0.1) is 0 Å². The molecular formula is C40H35N3S. The quantitative estimate of drug-likeness (QED) is 0.223. The van der Waals surface area contributed by atoms with Gasteiger partial charge in [0.1, 0.15) is 17.7 Å². The molecule has 0 amide bonds. The molecular weight excluding hydrogens is 555 g/mol. The lowest BCUT2D eigenvalue weighted by molar-refractivity contribution is 0.607. The van der Waals surface area contributed by atoms with Gasteiger partial charge in [0.2, 0.25) is 0 Å². The number of rotatable bonds is 4. The van der Waals surface area contributed by atoms with Gasteiger partial charge in [-0.25, -0.2) is 0 Å². The Morgan fingerprint density at radius 2 is 1.41 bits per heavy atom. The van der Waals surface area contributed by atoms with E-state index in [4.69, 9.17) is 0 Å². The van der Waals surface area contributed by atoms with Crippen LogP contribution in [0.2, 0.25) is 0 Å². The Hall–Kier alpha value is -4.64. The van der Waals surface area contributed by atoms with Gasteiger partial charge in [0.15, 0.2) is 0 Å². The molecule has 0 aliphatic heterocycles. The molecule has 44 heavy (non-hydrogen) atoms. The fourth-order valence-corrected chi connectivity index (χ4v) is 8.67. The minimum Gasteiger partial charge on any atom is -0.310 e. The number of anilines is 3. The third-order valence-corrected chi connectivity index (χ3v) is 11.1. The van der Waals surface area contributed by atoms with Crippen molar-refractivity contribution in [3.05, 3.63) is 122 Å². The van der Waals surface area contributed by atoms with Crippen LogP contribution in [0, 0.1) is 36.5 Å². The first-order valence-corrected chi connectivity index (χ1v) is 16.1. The number of nitrogens with zero attached hydrogens (tertiary/aromatic N) is 3. The summed E-state index contributed by atoms with van der Waals surface area (Å²) in [6.07, 6.45) is 8.59. The maximum absolute atomic E-state index is 9.29. The van der Waals surface area contributed by atoms with Gasteiger partial charge in [-0.1, -0.05) is 63.6 Å². The van der Waals surface area contributed by atoms with Crippen molar-refractivity contribution in [1.29, 1.82) is 10.5 Å². The minimum absolute atomic E-state index is 0.00236. The molecule has 0 unspecified atom stereocenters. The van der Waals surface area contributed by atoms with Crippen molar-refractivity contribution in [2.75, 3.05) is 4.90 Å². The van der Waals surface area contributed by atoms with Crippen LogP contribution in [0.4, 0.5) is 17.1 Å². The fraction of sp³-hybridized carbons (Fsp3) is 0.250. The smallest absolute Gasteiger partial charge is 0.131 e. The Labute approximate surface area is 264 Å². The number of fused-ring (bicyclic) bond motifs is 5. The summed E-state index contributed by atoms with van der Waals surface area (Å²) in [6.45, 7) is 13.7. The molecule has 3 aromatic carbocycles. The highest BCUT2D eigenvalue weighted by atomic mass is 32.1. The molecule has 0 fully saturated rings. The molecule has 1 aromatic heterocycles. The lowest BCUT2D eigenvalue weighted by Gasteiger charge is -2.30. The van der Waals surface area contributed by atoms with Crippen LogP contribution in [-0.2, 0) is 10.8 Å². The highest BCUT2D eigenvalue weighted by molar-refractivity contribution is 7.16. The van der Waals surface area contributed by atoms with Gasteiger partial charge in [-0.15, -0.1) is 11.3 Å². The zero-order valence-electron chi connectivity index (χ0n) is 26.2. The van der Waals surface area contributed by atoms with Crippen molar-refractivity contribution >= 4 is 40.0 Å². The molecule has 3 nitrogen and oxygen atoms in total. The van der Waals surface area contributed by atoms with Crippen molar-refractivity contribution in [3.63, 3.8) is 0 Å². The summed E-state index contributed by atoms with van der Waals surface area (Å²) in [6, 6.07) is 26.8. The molecule has 4 heteroatoms. The third-order valence-electron chi connectivity index (χ3n) is 10.0. The lowest BCUT2D eigenvalue weighted by atomic mass is 9.78. The number of thiophene rings is 1. The van der Waals surface area contributed by atoms with Gasteiger partial charge in [0.25, 0.3) is 0 Å². The van der Waals surface area contributed by atoms with Crippen LogP contribution >= 0.6 is 11.3 Å². The van der Waals surface area contributed by atoms with E-state index in [0.29, 0.717) is 0 Å². The highest BCUT2D eigenvalue weighted by Gasteiger charge is 2.39. The van der Waals surface area contributed by atoms with E-state index in [1.54, 1.807) is 23.0 Å². The second-order valence-electron chi connectivity index (χ2n) is 13.3. The average Bonchev–Trinajstić information content (AvgIpc) is 3.61. The van der Waals surface area contributed by atoms with Gasteiger partial charge in [0, 0.05) is 37.6 Å². The molecule has 4 aromatic rings. The molecule has 0 radical (unpaired) electrons. The van der Waals surface area contributed by atoms with Crippen LogP contribution in [0.15, 0.2) is 84.0 Å². The Kier molecular flexibility index (Phi) is 6.36. The summed E-state index contributed by atoms with van der Waals surface area (Å²) in [4.78, 5) is 4.58. The predicted molar refractivity (Wildman–Crippen MR) is 184 cm³/mol. The number of nitriles is 2. The van der Waals surface area contributed by atoms with Crippen LogP contribution in [0.5, 0.6) is 0 Å². The summed E-state index contributed by atoms with van der Waals surface area (Å²) in [5.74, 6) is 0. The fourth-order valence-electron chi connectivity index (χ4n) is 7.37. The maximum atomic E-state index is 9.29. The molecule has 0 N–H and O–H groups in total. The molecule has 0 spiro atoms. The summed E-state index contributed by atoms with van der Waals surface area (Å²) in [5.41, 5.74) is 15.4. The first kappa shape index (κ1) is 28.1. The van der Waals surface area contributed by atoms with E-state index in [-0.39, 0.29) is 16.4 Å². The number of hydrogen-bond acceptors (Lipinski definition) is 4. The molecule has 0 saturated carbocycles. The second kappa shape index (κ2) is 9.95. The van der Waals surface area contributed by atoms with Crippen molar-refractivity contribution in [1.82, 2.24) is 0 Å². The average molecular weight is 590 g/mol. The SMILES string of the molecule is Cc1ccc(N(c2ccc3c(c2)C(C)(C)C2=C3C=CCC2)c2ccc3c(c2)C(C)(C)c2cc(C=C(C#N)C#N)sc2-3)cc1C. The topological polar surface area (TPSA) is 50.8 Å². The van der Waals surface area contributed by atoms with E-state index < -0.39 is 0 Å². The van der Waals surface area contributed by atoms with Crippen molar-refractivity contribution in [3.8, 4) is 22.6 Å². The van der Waals surface area contributed by atoms with Crippen molar-refractivity contribution in [2.45, 2.75) is 65.2 Å². The predicted octanol–water partition coefficient (Wildman–Crippen LogP) is 11.0. The maximum Gasteiger partial charge on any atom is 0.131 e. The molecule has 3 aliphatic rings. The molecule has 3 aliphatic carbocycles. The number of benzene rings is 3. The summed E-state index contributed by atoms with van der Waals surface area (Å²) < 4.78 is 0. The zero-order chi connectivity index (χ0) is 31.0. The minimum atomic E-state index is -0.215. The van der Waals surface area contributed by atoms with E-state index in [0.717, 1.165) is 29.1 Å². The monoisotopic (exact) mass is 589 g/mol. The van der Waals surface area contributed by atoms with Crippen molar-refractivity contribution in [2.24, 2.45) is 0 Å². The molecule has 1 heterocycles. The molecule has 216 valence electrons. The molecule has 0 atom stereocenters. The van der Waals surface area contributed by atoms with Gasteiger partial charge in [-0.2, -0.15) is 10.5 Å². The summed E-state index contributed by atoms with van der Waals surface area (Å²) >= 11 is 1.66. The van der Waals surface area contributed by atoms with Gasteiger partial charge >= 0.3 is 0 Å². The largest absolute Gasteiger partial charge is 0.310 e. The van der Waals surface area contributed by atoms with Crippen LogP contribution in [0.3, 0.4) is 0 Å². The summed E-state index contributed by atoms with van der Waals surface area (Å²) in [7, 11) is 0. The Morgan fingerprint density at radius 1 is 0.773 bits per heavy atom. The number of aryl methyl sites for hydroxylation is 2. The van der Waals surface area contributed by atoms with Crippen LogP contribution < -0.4 is 4.90 Å². The van der Waals surface area contributed by atoms with Crippen LogP contribution in [0.25, 0.3) is 22.1 Å². The highest BCUT2D eigenvalue weighted by Crippen LogP contribution is 2.55. The van der Waals surface area contributed by atoms with Crippen LogP contribution in [0.1, 0.15) is 78.8 Å². The Bertz CT molecular complexity index is 2050. The van der Waals surface area contributed by atoms with E-state index in [1.165, 1.54) is 55.1 Å². The first-order valence-electron chi connectivity index (χ1n) is 15.3. The standard InChI is InChI=1S/C40H35N3S/c1-24-11-12-27(17-25(24)2)43(28-13-15-32-31-9-7-8-10-34(31)39(3,4)35(32)19-28)29-14-16-33-36(20-29)40(5,6)37-21-30(44-38(33)37)18-26(22-41)23-42/h7,9,11-21H,8,10H2,1-6H3. The van der Waals surface area contributed by atoms with E-state index >= 15 is 0 Å².